The van der Waals surface area contributed by atoms with Crippen LogP contribution in [0.25, 0.3) is 5.76 Å². The second kappa shape index (κ2) is 12.4. The van der Waals surface area contributed by atoms with E-state index in [1.54, 1.807) is 29.2 Å². The van der Waals surface area contributed by atoms with Crippen molar-refractivity contribution in [2.24, 2.45) is 0 Å². The molecule has 0 saturated carbocycles. The lowest BCUT2D eigenvalue weighted by Crippen LogP contribution is -2.33. The van der Waals surface area contributed by atoms with Gasteiger partial charge >= 0.3 is 0 Å². The largest absolute Gasteiger partial charge is 0.507 e. The van der Waals surface area contributed by atoms with Gasteiger partial charge in [-0.2, -0.15) is 0 Å². The van der Waals surface area contributed by atoms with Crippen LogP contribution in [0.2, 0.25) is 0 Å². The number of likely N-dealkylation sites (tertiary alicyclic amines) is 1. The number of methoxy groups -OCH3 is 1. The highest BCUT2D eigenvalue weighted by atomic mass is 16.5. The summed E-state index contributed by atoms with van der Waals surface area (Å²) in [6.45, 7) is 7.20. The van der Waals surface area contributed by atoms with Crippen LogP contribution in [0.15, 0.2) is 84.4 Å². The molecule has 0 bridgehead atoms. The van der Waals surface area contributed by atoms with E-state index in [2.05, 4.69) is 18.7 Å². The Kier molecular flexibility index (Phi) is 8.81. The van der Waals surface area contributed by atoms with Gasteiger partial charge in [-0.25, -0.2) is 0 Å². The number of carbonyl (C=O) groups is 2. The lowest BCUT2D eigenvalue weighted by Gasteiger charge is -2.27. The molecular formula is C31H34N2O5. The van der Waals surface area contributed by atoms with E-state index in [0.717, 1.165) is 19.6 Å². The van der Waals surface area contributed by atoms with Crippen molar-refractivity contribution in [3.8, 4) is 17.2 Å². The Labute approximate surface area is 223 Å². The molecule has 3 aromatic carbocycles. The van der Waals surface area contributed by atoms with Gasteiger partial charge in [0.25, 0.3) is 11.7 Å². The second-order valence-electron chi connectivity index (χ2n) is 9.09. The highest BCUT2D eigenvalue weighted by Gasteiger charge is 2.46. The van der Waals surface area contributed by atoms with E-state index in [0.29, 0.717) is 41.3 Å². The average molecular weight is 515 g/mol. The fourth-order valence-corrected chi connectivity index (χ4v) is 4.76. The van der Waals surface area contributed by atoms with Crippen molar-refractivity contribution < 1.29 is 24.2 Å². The maximum atomic E-state index is 13.4. The van der Waals surface area contributed by atoms with Gasteiger partial charge in [-0.1, -0.05) is 56.3 Å². The fraction of sp³-hybridized carbons (Fsp3) is 0.290. The number of hydrogen-bond acceptors (Lipinski definition) is 6. The highest BCUT2D eigenvalue weighted by Crippen LogP contribution is 2.41. The van der Waals surface area contributed by atoms with Crippen LogP contribution < -0.4 is 9.47 Å². The molecule has 1 heterocycles. The maximum Gasteiger partial charge on any atom is 0.295 e. The number of Topliss-reactive ketones (excluding diaryl/α,β-unsaturated/α-hetero) is 1. The van der Waals surface area contributed by atoms with E-state index in [1.165, 1.54) is 7.11 Å². The molecular weight excluding hydrogens is 480 g/mol. The Bertz CT molecular complexity index is 1300. The quantitative estimate of drug-likeness (QED) is 0.203. The van der Waals surface area contributed by atoms with Gasteiger partial charge in [-0.3, -0.25) is 9.59 Å². The van der Waals surface area contributed by atoms with Crippen molar-refractivity contribution in [1.29, 1.82) is 0 Å². The molecule has 1 N–H and O–H groups in total. The molecule has 198 valence electrons. The molecule has 0 radical (unpaired) electrons. The van der Waals surface area contributed by atoms with E-state index in [9.17, 15) is 14.7 Å². The third kappa shape index (κ3) is 5.89. The van der Waals surface area contributed by atoms with E-state index < -0.39 is 17.7 Å². The van der Waals surface area contributed by atoms with E-state index in [1.807, 2.05) is 54.6 Å². The Morgan fingerprint density at radius 3 is 2.29 bits per heavy atom. The second-order valence-corrected chi connectivity index (χ2v) is 9.09. The number of nitrogens with zero attached hydrogens (tertiary/aromatic N) is 2. The molecule has 1 saturated heterocycles. The van der Waals surface area contributed by atoms with Crippen molar-refractivity contribution >= 4 is 17.4 Å². The number of aliphatic hydroxyl groups excluding tert-OH is 1. The number of hydrogen-bond donors (Lipinski definition) is 1. The van der Waals surface area contributed by atoms with Crippen molar-refractivity contribution in [3.63, 3.8) is 0 Å². The molecule has 38 heavy (non-hydrogen) atoms. The van der Waals surface area contributed by atoms with Crippen LogP contribution in [0.1, 0.15) is 37.4 Å². The van der Waals surface area contributed by atoms with Crippen LogP contribution in [0.4, 0.5) is 0 Å². The van der Waals surface area contributed by atoms with Gasteiger partial charge in [-0.05, 0) is 68.0 Å². The predicted octanol–water partition coefficient (Wildman–Crippen LogP) is 5.64. The summed E-state index contributed by atoms with van der Waals surface area (Å²) < 4.78 is 11.3. The minimum Gasteiger partial charge on any atom is -0.507 e. The number of ketones is 1. The van der Waals surface area contributed by atoms with Gasteiger partial charge in [0.05, 0.1) is 18.7 Å². The molecule has 1 aliphatic rings. The third-order valence-electron chi connectivity index (χ3n) is 6.80. The smallest absolute Gasteiger partial charge is 0.295 e. The summed E-state index contributed by atoms with van der Waals surface area (Å²) in [5.74, 6) is 0.240. The lowest BCUT2D eigenvalue weighted by atomic mass is 9.95. The van der Waals surface area contributed by atoms with Gasteiger partial charge < -0.3 is 24.4 Å². The number of carbonyl (C=O) groups excluding carboxylic acids is 2. The molecule has 7 heteroatoms. The van der Waals surface area contributed by atoms with Crippen LogP contribution in [-0.4, -0.2) is 59.9 Å². The van der Waals surface area contributed by atoms with Crippen molar-refractivity contribution in [2.75, 3.05) is 33.3 Å². The average Bonchev–Trinajstić information content (AvgIpc) is 3.20. The Morgan fingerprint density at radius 2 is 1.58 bits per heavy atom. The zero-order valence-electron chi connectivity index (χ0n) is 22.1. The summed E-state index contributed by atoms with van der Waals surface area (Å²) in [7, 11) is 1.53. The topological polar surface area (TPSA) is 79.3 Å². The SMILES string of the molecule is CCN(CC)CCCN1C(=O)C(=O)C(=C(O)c2cccc(OC)c2)C1c1cccc(Oc2ccccc2)c1. The molecule has 1 aliphatic heterocycles. The predicted molar refractivity (Wildman–Crippen MR) is 147 cm³/mol. The third-order valence-corrected chi connectivity index (χ3v) is 6.80. The molecule has 7 nitrogen and oxygen atoms in total. The summed E-state index contributed by atoms with van der Waals surface area (Å²) >= 11 is 0. The Hall–Kier alpha value is -4.10. The molecule has 1 amide bonds. The van der Waals surface area contributed by atoms with Gasteiger partial charge in [0.2, 0.25) is 0 Å². The molecule has 1 fully saturated rings. The summed E-state index contributed by atoms with van der Waals surface area (Å²) in [4.78, 5) is 30.5. The van der Waals surface area contributed by atoms with Crippen molar-refractivity contribution in [1.82, 2.24) is 9.80 Å². The van der Waals surface area contributed by atoms with Crippen LogP contribution in [0.3, 0.4) is 0 Å². The van der Waals surface area contributed by atoms with E-state index in [4.69, 9.17) is 9.47 Å². The zero-order valence-corrected chi connectivity index (χ0v) is 22.1. The maximum absolute atomic E-state index is 13.4. The number of para-hydroxylation sites is 1. The minimum absolute atomic E-state index is 0.0583. The standard InChI is InChI=1S/C31H34N2O5/c1-4-32(5-2)18-11-19-33-28(22-12-9-17-26(20-22)38-24-14-7-6-8-15-24)27(30(35)31(33)36)29(34)23-13-10-16-25(21-23)37-3/h6-10,12-17,20-21,28,34H,4-5,11,18-19H2,1-3H3. The molecule has 3 aromatic rings. The zero-order chi connectivity index (χ0) is 27.1. The highest BCUT2D eigenvalue weighted by molar-refractivity contribution is 6.46. The van der Waals surface area contributed by atoms with Crippen LogP contribution in [0, 0.1) is 0 Å². The fourth-order valence-electron chi connectivity index (χ4n) is 4.76. The summed E-state index contributed by atoms with van der Waals surface area (Å²) in [5.41, 5.74) is 1.15. The first-order valence-corrected chi connectivity index (χ1v) is 12.9. The van der Waals surface area contributed by atoms with Crippen LogP contribution in [0.5, 0.6) is 17.2 Å². The van der Waals surface area contributed by atoms with Crippen molar-refractivity contribution in [3.05, 3.63) is 95.6 Å². The minimum atomic E-state index is -0.753. The Balaban J connectivity index is 1.75. The Morgan fingerprint density at radius 1 is 0.895 bits per heavy atom. The molecule has 1 unspecified atom stereocenters. The lowest BCUT2D eigenvalue weighted by molar-refractivity contribution is -0.140. The number of rotatable bonds is 11. The molecule has 0 spiro atoms. The molecule has 4 rings (SSSR count). The van der Waals surface area contributed by atoms with Gasteiger partial charge in [0.1, 0.15) is 23.0 Å². The first-order chi connectivity index (χ1) is 18.5. The monoisotopic (exact) mass is 514 g/mol. The first kappa shape index (κ1) is 26.9. The molecule has 0 aromatic heterocycles. The normalized spacial score (nSPS) is 16.7. The summed E-state index contributed by atoms with van der Waals surface area (Å²) in [6.07, 6.45) is 0.699. The number of aliphatic hydroxyl groups is 1. The first-order valence-electron chi connectivity index (χ1n) is 12.9. The molecule has 1 atom stereocenters. The van der Waals surface area contributed by atoms with Gasteiger partial charge in [0, 0.05) is 12.1 Å². The van der Waals surface area contributed by atoms with E-state index >= 15 is 0 Å². The number of ether oxygens (including phenoxy) is 2. The number of amides is 1. The van der Waals surface area contributed by atoms with E-state index in [-0.39, 0.29) is 11.3 Å². The van der Waals surface area contributed by atoms with Crippen LogP contribution >= 0.6 is 0 Å². The van der Waals surface area contributed by atoms with Crippen molar-refractivity contribution in [2.45, 2.75) is 26.3 Å². The molecule has 0 aliphatic carbocycles. The van der Waals surface area contributed by atoms with Crippen LogP contribution in [-0.2, 0) is 9.59 Å². The summed E-state index contributed by atoms with van der Waals surface area (Å²) in [5, 5.41) is 11.4. The number of benzene rings is 3. The van der Waals surface area contributed by atoms with Gasteiger partial charge in [0.15, 0.2) is 0 Å². The summed E-state index contributed by atoms with van der Waals surface area (Å²) in [6, 6.07) is 22.8. The van der Waals surface area contributed by atoms with Gasteiger partial charge in [-0.15, -0.1) is 0 Å².